The van der Waals surface area contributed by atoms with Crippen molar-refractivity contribution in [1.29, 1.82) is 0 Å². The van der Waals surface area contributed by atoms with Crippen molar-refractivity contribution in [1.82, 2.24) is 15.1 Å². The second-order valence-corrected chi connectivity index (χ2v) is 7.05. The highest BCUT2D eigenvalue weighted by Crippen LogP contribution is 2.24. The molecule has 0 bridgehead atoms. The molecule has 2 aliphatic heterocycles. The number of piperazine rings is 1. The summed E-state index contributed by atoms with van der Waals surface area (Å²) in [6.07, 6.45) is 10.1. The Morgan fingerprint density at radius 2 is 1.52 bits per heavy atom. The lowest BCUT2D eigenvalue weighted by atomic mass is 9.90. The molecule has 21 heavy (non-hydrogen) atoms. The van der Waals surface area contributed by atoms with Gasteiger partial charge in [0.2, 0.25) is 5.91 Å². The average molecular weight is 293 g/mol. The summed E-state index contributed by atoms with van der Waals surface area (Å²) in [6.45, 7) is 6.34. The van der Waals surface area contributed by atoms with Gasteiger partial charge in [-0.1, -0.05) is 32.1 Å². The highest BCUT2D eigenvalue weighted by atomic mass is 16.2. The summed E-state index contributed by atoms with van der Waals surface area (Å²) in [5.41, 5.74) is 0. The van der Waals surface area contributed by atoms with Gasteiger partial charge in [-0.3, -0.25) is 9.69 Å². The maximum absolute atomic E-state index is 12.7. The first-order valence-corrected chi connectivity index (χ1v) is 9.08. The van der Waals surface area contributed by atoms with Crippen LogP contribution in [0.4, 0.5) is 0 Å². The maximum atomic E-state index is 12.7. The Balaban J connectivity index is 1.47. The van der Waals surface area contributed by atoms with Crippen molar-refractivity contribution in [2.45, 2.75) is 57.4 Å². The van der Waals surface area contributed by atoms with Crippen molar-refractivity contribution in [3.63, 3.8) is 0 Å². The second kappa shape index (κ2) is 7.59. The molecule has 2 saturated heterocycles. The van der Waals surface area contributed by atoms with Crippen LogP contribution in [-0.2, 0) is 4.79 Å². The van der Waals surface area contributed by atoms with E-state index < -0.39 is 0 Å². The number of carbonyl (C=O) groups is 1. The van der Waals surface area contributed by atoms with Gasteiger partial charge in [-0.25, -0.2) is 0 Å². The largest absolute Gasteiger partial charge is 0.340 e. The molecule has 4 heteroatoms. The molecule has 1 atom stereocenters. The molecule has 2 heterocycles. The van der Waals surface area contributed by atoms with E-state index in [1.54, 1.807) is 0 Å². The van der Waals surface area contributed by atoms with E-state index in [-0.39, 0.29) is 0 Å². The molecule has 3 aliphatic rings. The number of amides is 1. The normalized spacial score (nSPS) is 30.1. The van der Waals surface area contributed by atoms with Crippen LogP contribution in [0.1, 0.15) is 51.4 Å². The van der Waals surface area contributed by atoms with E-state index in [9.17, 15) is 4.79 Å². The predicted molar refractivity (Wildman–Crippen MR) is 85.2 cm³/mol. The number of rotatable bonds is 2. The molecule has 1 aliphatic carbocycles. The first-order chi connectivity index (χ1) is 10.3. The molecule has 0 aromatic heterocycles. The summed E-state index contributed by atoms with van der Waals surface area (Å²) >= 11 is 0. The van der Waals surface area contributed by atoms with E-state index in [4.69, 9.17) is 0 Å². The molecule has 1 saturated carbocycles. The van der Waals surface area contributed by atoms with Crippen LogP contribution in [0, 0.1) is 5.92 Å². The van der Waals surface area contributed by atoms with Crippen LogP contribution in [0.15, 0.2) is 0 Å². The highest BCUT2D eigenvalue weighted by molar-refractivity contribution is 5.79. The third-order valence-corrected chi connectivity index (χ3v) is 5.63. The van der Waals surface area contributed by atoms with E-state index in [2.05, 4.69) is 15.1 Å². The molecule has 4 nitrogen and oxygen atoms in total. The van der Waals surface area contributed by atoms with Crippen LogP contribution in [0.3, 0.4) is 0 Å². The van der Waals surface area contributed by atoms with Crippen LogP contribution in [-0.4, -0.2) is 61.0 Å². The van der Waals surface area contributed by atoms with Gasteiger partial charge in [0.1, 0.15) is 0 Å². The van der Waals surface area contributed by atoms with Gasteiger partial charge in [-0.05, 0) is 25.8 Å². The fraction of sp³-hybridized carbons (Fsp3) is 0.941. The van der Waals surface area contributed by atoms with E-state index in [1.165, 1.54) is 38.5 Å². The Kier molecular flexibility index (Phi) is 5.53. The summed E-state index contributed by atoms with van der Waals surface area (Å²) < 4.78 is 0. The van der Waals surface area contributed by atoms with Gasteiger partial charge in [0.25, 0.3) is 0 Å². The molecule has 1 amide bonds. The second-order valence-electron chi connectivity index (χ2n) is 7.05. The Morgan fingerprint density at radius 1 is 0.857 bits per heavy atom. The molecule has 0 radical (unpaired) electrons. The number of hydrogen-bond acceptors (Lipinski definition) is 3. The molecular formula is C17H31N3O. The maximum Gasteiger partial charge on any atom is 0.225 e. The Bertz CT molecular complexity index is 325. The molecule has 0 spiro atoms. The summed E-state index contributed by atoms with van der Waals surface area (Å²) in [7, 11) is 0. The van der Waals surface area contributed by atoms with Crippen LogP contribution in [0.5, 0.6) is 0 Å². The van der Waals surface area contributed by atoms with Crippen LogP contribution in [0.25, 0.3) is 0 Å². The minimum atomic E-state index is 0.324. The predicted octanol–water partition coefficient (Wildman–Crippen LogP) is 1.85. The molecular weight excluding hydrogens is 262 g/mol. The van der Waals surface area contributed by atoms with E-state index in [1.807, 2.05) is 0 Å². The van der Waals surface area contributed by atoms with E-state index >= 15 is 0 Å². The SMILES string of the molecule is O=C(C1CCCCCCC1)N1CCN(C2CCNC2)CC1. The van der Waals surface area contributed by atoms with Gasteiger partial charge in [0, 0.05) is 44.7 Å². The number of hydrogen-bond donors (Lipinski definition) is 1. The minimum absolute atomic E-state index is 0.324. The highest BCUT2D eigenvalue weighted by Gasteiger charge is 2.30. The fourth-order valence-corrected chi connectivity index (χ4v) is 4.22. The van der Waals surface area contributed by atoms with E-state index in [0.29, 0.717) is 17.9 Å². The lowest BCUT2D eigenvalue weighted by Gasteiger charge is -2.39. The van der Waals surface area contributed by atoms with Crippen molar-refractivity contribution in [3.8, 4) is 0 Å². The van der Waals surface area contributed by atoms with Gasteiger partial charge >= 0.3 is 0 Å². The zero-order valence-electron chi connectivity index (χ0n) is 13.4. The van der Waals surface area contributed by atoms with Gasteiger partial charge in [-0.15, -0.1) is 0 Å². The average Bonchev–Trinajstić information content (AvgIpc) is 3.01. The number of nitrogens with zero attached hydrogens (tertiary/aromatic N) is 2. The molecule has 0 aromatic carbocycles. The topological polar surface area (TPSA) is 35.6 Å². The Morgan fingerprint density at radius 3 is 2.14 bits per heavy atom. The van der Waals surface area contributed by atoms with Crippen LogP contribution < -0.4 is 5.32 Å². The zero-order chi connectivity index (χ0) is 14.5. The molecule has 3 rings (SSSR count). The fourth-order valence-electron chi connectivity index (χ4n) is 4.22. The third kappa shape index (κ3) is 3.98. The smallest absolute Gasteiger partial charge is 0.225 e. The minimum Gasteiger partial charge on any atom is -0.340 e. The Labute approximate surface area is 129 Å². The quantitative estimate of drug-likeness (QED) is 0.844. The van der Waals surface area contributed by atoms with Crippen molar-refractivity contribution < 1.29 is 4.79 Å². The lowest BCUT2D eigenvalue weighted by Crippen LogP contribution is -2.53. The van der Waals surface area contributed by atoms with Gasteiger partial charge in [-0.2, -0.15) is 0 Å². The third-order valence-electron chi connectivity index (χ3n) is 5.63. The summed E-state index contributed by atoms with van der Waals surface area (Å²) in [5.74, 6) is 0.783. The molecule has 3 fully saturated rings. The van der Waals surface area contributed by atoms with Crippen molar-refractivity contribution >= 4 is 5.91 Å². The summed E-state index contributed by atoms with van der Waals surface area (Å²) in [6, 6.07) is 0.712. The lowest BCUT2D eigenvalue weighted by molar-refractivity contribution is -0.138. The summed E-state index contributed by atoms with van der Waals surface area (Å²) in [4.78, 5) is 17.5. The monoisotopic (exact) mass is 293 g/mol. The van der Waals surface area contributed by atoms with Gasteiger partial charge in [0.05, 0.1) is 0 Å². The van der Waals surface area contributed by atoms with E-state index in [0.717, 1.165) is 52.1 Å². The Hall–Kier alpha value is -0.610. The van der Waals surface area contributed by atoms with Crippen LogP contribution >= 0.6 is 0 Å². The van der Waals surface area contributed by atoms with Gasteiger partial charge in [0.15, 0.2) is 0 Å². The summed E-state index contributed by atoms with van der Waals surface area (Å²) in [5, 5.41) is 3.45. The van der Waals surface area contributed by atoms with Crippen molar-refractivity contribution in [2.24, 2.45) is 5.92 Å². The zero-order valence-corrected chi connectivity index (χ0v) is 13.4. The molecule has 1 N–H and O–H groups in total. The molecule has 120 valence electrons. The first-order valence-electron chi connectivity index (χ1n) is 9.08. The first kappa shape index (κ1) is 15.3. The molecule has 1 unspecified atom stereocenters. The van der Waals surface area contributed by atoms with Crippen LogP contribution in [0.2, 0.25) is 0 Å². The number of carbonyl (C=O) groups excluding carboxylic acids is 1. The standard InChI is InChI=1S/C17H31N3O/c21-17(15-6-4-2-1-3-5-7-15)20-12-10-19(11-13-20)16-8-9-18-14-16/h15-16,18H,1-14H2. The van der Waals surface area contributed by atoms with Crippen molar-refractivity contribution in [3.05, 3.63) is 0 Å². The molecule has 0 aromatic rings. The van der Waals surface area contributed by atoms with Crippen molar-refractivity contribution in [2.75, 3.05) is 39.3 Å². The number of nitrogens with one attached hydrogen (secondary N) is 1. The van der Waals surface area contributed by atoms with Gasteiger partial charge < -0.3 is 10.2 Å².